The Hall–Kier alpha value is -5.57. The summed E-state index contributed by atoms with van der Waals surface area (Å²) in [6.07, 6.45) is 0. The monoisotopic (exact) mass is 578 g/mol. The number of hydrogen-bond donors (Lipinski definition) is 1. The third-order valence-electron chi connectivity index (χ3n) is 6.93. The van der Waals surface area contributed by atoms with E-state index in [0.29, 0.717) is 28.1 Å². The summed E-state index contributed by atoms with van der Waals surface area (Å²) < 4.78 is 23.8. The molecular formula is C34H30N2O7. The van der Waals surface area contributed by atoms with Crippen LogP contribution in [-0.4, -0.2) is 43.2 Å². The molecular weight excluding hydrogens is 548 g/mol. The molecule has 43 heavy (non-hydrogen) atoms. The molecule has 1 heterocycles. The lowest BCUT2D eigenvalue weighted by Crippen LogP contribution is -2.18. The predicted molar refractivity (Wildman–Crippen MR) is 163 cm³/mol. The number of anilines is 1. The van der Waals surface area contributed by atoms with E-state index in [1.54, 1.807) is 67.6 Å². The van der Waals surface area contributed by atoms with Crippen molar-refractivity contribution in [3.8, 4) is 22.9 Å². The van der Waals surface area contributed by atoms with Crippen molar-refractivity contribution in [2.75, 3.05) is 26.1 Å². The first-order valence-corrected chi connectivity index (χ1v) is 13.6. The Balaban J connectivity index is 1.49. The Morgan fingerprint density at radius 1 is 0.767 bits per heavy atom. The Labute approximate surface area is 248 Å². The Kier molecular flexibility index (Phi) is 8.43. The second-order valence-electron chi connectivity index (χ2n) is 9.46. The van der Waals surface area contributed by atoms with Crippen molar-refractivity contribution in [3.63, 3.8) is 0 Å². The van der Waals surface area contributed by atoms with Gasteiger partial charge in [-0.2, -0.15) is 0 Å². The van der Waals surface area contributed by atoms with Gasteiger partial charge in [0.25, 0.3) is 5.91 Å². The lowest BCUT2D eigenvalue weighted by Gasteiger charge is -2.15. The molecule has 9 nitrogen and oxygen atoms in total. The molecule has 4 aromatic carbocycles. The van der Waals surface area contributed by atoms with E-state index in [9.17, 15) is 14.4 Å². The maximum Gasteiger partial charge on any atom is 0.345 e. The van der Waals surface area contributed by atoms with E-state index in [1.807, 2.05) is 41.8 Å². The zero-order valence-electron chi connectivity index (χ0n) is 24.2. The van der Waals surface area contributed by atoms with Crippen LogP contribution in [-0.2, 0) is 4.74 Å². The van der Waals surface area contributed by atoms with Crippen molar-refractivity contribution in [1.29, 1.82) is 0 Å². The minimum Gasteiger partial charge on any atom is -0.496 e. The number of amides is 1. The number of nitrogens with one attached hydrogen (secondary N) is 1. The summed E-state index contributed by atoms with van der Waals surface area (Å²) in [6, 6.07) is 26.3. The standard InChI is InChI=1S/C34H30N2O7/c1-5-42-34(39)30-21(2)36(22-12-7-6-8-13-22)27-19-18-23(20-25(27)30)43-33(38)24-14-9-10-15-26(24)35-32(37)31-28(40-3)16-11-17-29(31)41-4/h6-20H,5H2,1-4H3,(H,35,37). The van der Waals surface area contributed by atoms with Crippen LogP contribution >= 0.6 is 0 Å². The average molecular weight is 579 g/mol. The van der Waals surface area contributed by atoms with E-state index in [2.05, 4.69) is 5.32 Å². The van der Waals surface area contributed by atoms with Gasteiger partial charge in [-0.3, -0.25) is 4.79 Å². The summed E-state index contributed by atoms with van der Waals surface area (Å²) in [5, 5.41) is 3.35. The summed E-state index contributed by atoms with van der Waals surface area (Å²) in [7, 11) is 2.91. The number of aromatic nitrogens is 1. The van der Waals surface area contributed by atoms with Gasteiger partial charge in [-0.05, 0) is 68.4 Å². The first-order chi connectivity index (χ1) is 20.9. The third-order valence-corrected chi connectivity index (χ3v) is 6.93. The van der Waals surface area contributed by atoms with Crippen LogP contribution in [0, 0.1) is 6.92 Å². The molecule has 0 radical (unpaired) electrons. The van der Waals surface area contributed by atoms with Crippen LogP contribution in [0.15, 0.2) is 91.0 Å². The van der Waals surface area contributed by atoms with Gasteiger partial charge < -0.3 is 28.8 Å². The third kappa shape index (κ3) is 5.65. The van der Waals surface area contributed by atoms with Gasteiger partial charge in [-0.25, -0.2) is 9.59 Å². The predicted octanol–water partition coefficient (Wildman–Crippen LogP) is 6.60. The molecule has 218 valence electrons. The Morgan fingerprint density at radius 2 is 1.44 bits per heavy atom. The largest absolute Gasteiger partial charge is 0.496 e. The number of benzene rings is 4. The molecule has 0 aliphatic rings. The van der Waals surface area contributed by atoms with Crippen LogP contribution in [0.3, 0.4) is 0 Å². The van der Waals surface area contributed by atoms with Gasteiger partial charge in [0.1, 0.15) is 22.8 Å². The number of hydrogen-bond acceptors (Lipinski definition) is 7. The number of carbonyl (C=O) groups excluding carboxylic acids is 3. The fourth-order valence-corrected chi connectivity index (χ4v) is 5.02. The molecule has 0 aliphatic heterocycles. The summed E-state index contributed by atoms with van der Waals surface area (Å²) in [5.41, 5.74) is 3.27. The minimum atomic E-state index is -0.695. The molecule has 5 aromatic rings. The number of rotatable bonds is 9. The molecule has 9 heteroatoms. The number of esters is 2. The highest BCUT2D eigenvalue weighted by atomic mass is 16.5. The van der Waals surface area contributed by atoms with Crippen molar-refractivity contribution in [1.82, 2.24) is 4.57 Å². The maximum atomic E-state index is 13.4. The van der Waals surface area contributed by atoms with Gasteiger partial charge in [-0.15, -0.1) is 0 Å². The van der Waals surface area contributed by atoms with Crippen molar-refractivity contribution in [3.05, 3.63) is 113 Å². The average Bonchev–Trinajstić information content (AvgIpc) is 3.32. The zero-order chi connectivity index (χ0) is 30.5. The second kappa shape index (κ2) is 12.5. The lowest BCUT2D eigenvalue weighted by molar-refractivity contribution is 0.0527. The second-order valence-corrected chi connectivity index (χ2v) is 9.46. The minimum absolute atomic E-state index is 0.133. The molecule has 0 bridgehead atoms. The topological polar surface area (TPSA) is 105 Å². The smallest absolute Gasteiger partial charge is 0.345 e. The van der Waals surface area contributed by atoms with E-state index in [0.717, 1.165) is 11.2 Å². The van der Waals surface area contributed by atoms with Crippen LogP contribution in [0.2, 0.25) is 0 Å². The van der Waals surface area contributed by atoms with Crippen molar-refractivity contribution < 1.29 is 33.3 Å². The number of para-hydroxylation sites is 2. The van der Waals surface area contributed by atoms with Crippen LogP contribution in [0.1, 0.15) is 43.7 Å². The van der Waals surface area contributed by atoms with E-state index >= 15 is 0 Å². The molecule has 0 atom stereocenters. The van der Waals surface area contributed by atoms with Crippen molar-refractivity contribution in [2.45, 2.75) is 13.8 Å². The van der Waals surface area contributed by atoms with Gasteiger partial charge in [0.15, 0.2) is 0 Å². The SMILES string of the molecule is CCOC(=O)c1c(C)n(-c2ccccc2)c2ccc(OC(=O)c3ccccc3NC(=O)c3c(OC)cccc3OC)cc12. The van der Waals surface area contributed by atoms with Gasteiger partial charge >= 0.3 is 11.9 Å². The Bertz CT molecular complexity index is 1800. The fraction of sp³-hybridized carbons (Fsp3) is 0.147. The quantitative estimate of drug-likeness (QED) is 0.155. The highest BCUT2D eigenvalue weighted by Crippen LogP contribution is 2.34. The molecule has 0 saturated carbocycles. The summed E-state index contributed by atoms with van der Waals surface area (Å²) in [6.45, 7) is 3.81. The van der Waals surface area contributed by atoms with Crippen LogP contribution in [0.4, 0.5) is 5.69 Å². The van der Waals surface area contributed by atoms with Gasteiger partial charge in [0, 0.05) is 16.8 Å². The first-order valence-electron chi connectivity index (χ1n) is 13.6. The van der Waals surface area contributed by atoms with Crippen LogP contribution in [0.5, 0.6) is 17.2 Å². The zero-order valence-corrected chi connectivity index (χ0v) is 24.2. The number of ether oxygens (including phenoxy) is 4. The Morgan fingerprint density at radius 3 is 2.12 bits per heavy atom. The van der Waals surface area contributed by atoms with Crippen LogP contribution < -0.4 is 19.5 Å². The molecule has 0 aliphatic carbocycles. The highest BCUT2D eigenvalue weighted by Gasteiger charge is 2.24. The first kappa shape index (κ1) is 28.9. The molecule has 0 fully saturated rings. The van der Waals surface area contributed by atoms with E-state index in [1.165, 1.54) is 14.2 Å². The molecule has 1 aromatic heterocycles. The summed E-state index contributed by atoms with van der Waals surface area (Å²) >= 11 is 0. The molecule has 5 rings (SSSR count). The van der Waals surface area contributed by atoms with E-state index < -0.39 is 17.8 Å². The van der Waals surface area contributed by atoms with Gasteiger partial charge in [0.2, 0.25) is 0 Å². The van der Waals surface area contributed by atoms with Gasteiger partial charge in [-0.1, -0.05) is 36.4 Å². The molecule has 0 spiro atoms. The summed E-state index contributed by atoms with van der Waals surface area (Å²) in [4.78, 5) is 39.8. The normalized spacial score (nSPS) is 10.7. The van der Waals surface area contributed by atoms with Crippen molar-refractivity contribution >= 4 is 34.4 Å². The molecule has 1 N–H and O–H groups in total. The van der Waals surface area contributed by atoms with Gasteiger partial charge in [0.05, 0.1) is 43.2 Å². The number of fused-ring (bicyclic) bond motifs is 1. The maximum absolute atomic E-state index is 13.4. The van der Waals surface area contributed by atoms with Crippen LogP contribution in [0.25, 0.3) is 16.6 Å². The number of nitrogens with zero attached hydrogens (tertiary/aromatic N) is 1. The fourth-order valence-electron chi connectivity index (χ4n) is 5.02. The van der Waals surface area contributed by atoms with E-state index in [-0.39, 0.29) is 29.2 Å². The number of carbonyl (C=O) groups is 3. The molecule has 0 unspecified atom stereocenters. The van der Waals surface area contributed by atoms with E-state index in [4.69, 9.17) is 18.9 Å². The lowest BCUT2D eigenvalue weighted by atomic mass is 10.1. The van der Waals surface area contributed by atoms with Crippen molar-refractivity contribution in [2.24, 2.45) is 0 Å². The molecule has 0 saturated heterocycles. The molecule has 1 amide bonds. The summed E-state index contributed by atoms with van der Waals surface area (Å²) in [5.74, 6) is -0.823. The number of methoxy groups -OCH3 is 2. The highest BCUT2D eigenvalue weighted by molar-refractivity contribution is 6.11.